The van der Waals surface area contributed by atoms with Gasteiger partial charge in [0.2, 0.25) is 0 Å². The smallest absolute Gasteiger partial charge is 0.133 e. The molecule has 0 aromatic carbocycles. The third kappa shape index (κ3) is 2.94. The van der Waals surface area contributed by atoms with Crippen molar-refractivity contribution in [3.63, 3.8) is 0 Å². The first-order chi connectivity index (χ1) is 7.36. The van der Waals surface area contributed by atoms with Crippen molar-refractivity contribution < 1.29 is 9.52 Å². The first kappa shape index (κ1) is 10.5. The fourth-order valence-electron chi connectivity index (χ4n) is 1.84. The molecule has 1 aliphatic rings. The third-order valence-electron chi connectivity index (χ3n) is 2.74. The Labute approximate surface area is 89.8 Å². The Morgan fingerprint density at radius 1 is 1.53 bits per heavy atom. The van der Waals surface area contributed by atoms with Gasteiger partial charge in [-0.05, 0) is 31.4 Å². The summed E-state index contributed by atoms with van der Waals surface area (Å²) < 4.78 is 5.13. The molecule has 2 rings (SSSR count). The van der Waals surface area contributed by atoms with E-state index in [0.29, 0.717) is 18.3 Å². The summed E-state index contributed by atoms with van der Waals surface area (Å²) in [5, 5.41) is 13.1. The van der Waals surface area contributed by atoms with Crippen molar-refractivity contribution >= 4 is 0 Å². The van der Waals surface area contributed by atoms with Crippen LogP contribution >= 0.6 is 0 Å². The van der Waals surface area contributed by atoms with Gasteiger partial charge in [0.25, 0.3) is 0 Å². The van der Waals surface area contributed by atoms with E-state index in [4.69, 9.17) is 4.42 Å². The van der Waals surface area contributed by atoms with Crippen LogP contribution in [-0.4, -0.2) is 17.7 Å². The van der Waals surface area contributed by atoms with E-state index in [1.54, 1.807) is 18.4 Å². The number of rotatable bonds is 4. The van der Waals surface area contributed by atoms with Gasteiger partial charge in [-0.2, -0.15) is 0 Å². The molecule has 0 aliphatic heterocycles. The predicted octanol–water partition coefficient (Wildman–Crippen LogP) is 2.01. The van der Waals surface area contributed by atoms with E-state index < -0.39 is 6.10 Å². The molecule has 0 bridgehead atoms. The largest absolute Gasteiger partial charge is 0.467 e. The number of hydrogen-bond donors (Lipinski definition) is 2. The maximum atomic E-state index is 9.77. The average molecular weight is 207 g/mol. The highest BCUT2D eigenvalue weighted by atomic mass is 16.4. The minimum Gasteiger partial charge on any atom is -0.467 e. The molecular formula is C12H17NO2. The molecule has 3 nitrogen and oxygen atoms in total. The summed E-state index contributed by atoms with van der Waals surface area (Å²) >= 11 is 0. The van der Waals surface area contributed by atoms with Gasteiger partial charge in [-0.1, -0.05) is 12.2 Å². The van der Waals surface area contributed by atoms with Gasteiger partial charge in [-0.15, -0.1) is 0 Å². The van der Waals surface area contributed by atoms with Crippen LogP contribution in [0.4, 0.5) is 0 Å². The Morgan fingerprint density at radius 3 is 3.13 bits per heavy atom. The van der Waals surface area contributed by atoms with E-state index >= 15 is 0 Å². The van der Waals surface area contributed by atoms with E-state index in [9.17, 15) is 5.11 Å². The maximum Gasteiger partial charge on any atom is 0.133 e. The number of allylic oxidation sites excluding steroid dienone is 1. The molecule has 82 valence electrons. The lowest BCUT2D eigenvalue weighted by Gasteiger charge is -2.20. The molecule has 0 saturated heterocycles. The Hall–Kier alpha value is -1.06. The third-order valence-corrected chi connectivity index (χ3v) is 2.74. The second-order valence-electron chi connectivity index (χ2n) is 3.92. The van der Waals surface area contributed by atoms with E-state index in [0.717, 1.165) is 19.3 Å². The molecule has 0 fully saturated rings. The number of nitrogens with one attached hydrogen (secondary N) is 1. The van der Waals surface area contributed by atoms with Gasteiger partial charge in [-0.25, -0.2) is 0 Å². The van der Waals surface area contributed by atoms with E-state index in [2.05, 4.69) is 17.5 Å². The molecule has 0 saturated carbocycles. The van der Waals surface area contributed by atoms with Crippen LogP contribution in [0, 0.1) is 0 Å². The highest BCUT2D eigenvalue weighted by molar-refractivity contribution is 5.02. The van der Waals surface area contributed by atoms with Crippen molar-refractivity contribution in [3.8, 4) is 0 Å². The number of furan rings is 1. The van der Waals surface area contributed by atoms with Crippen LogP contribution < -0.4 is 5.32 Å². The van der Waals surface area contributed by atoms with Gasteiger partial charge < -0.3 is 14.8 Å². The summed E-state index contributed by atoms with van der Waals surface area (Å²) in [6.07, 6.45) is 8.80. The lowest BCUT2D eigenvalue weighted by atomic mass is 10.0. The predicted molar refractivity (Wildman–Crippen MR) is 58.4 cm³/mol. The number of hydrogen-bond acceptors (Lipinski definition) is 3. The summed E-state index contributed by atoms with van der Waals surface area (Å²) in [6.45, 7) is 0.562. The van der Waals surface area contributed by atoms with Gasteiger partial charge in [0.05, 0.1) is 6.26 Å². The molecule has 1 heterocycles. The van der Waals surface area contributed by atoms with Crippen LogP contribution in [0.3, 0.4) is 0 Å². The van der Waals surface area contributed by atoms with Gasteiger partial charge in [0, 0.05) is 12.6 Å². The zero-order valence-electron chi connectivity index (χ0n) is 8.73. The van der Waals surface area contributed by atoms with Crippen LogP contribution in [0.15, 0.2) is 35.0 Å². The zero-order chi connectivity index (χ0) is 10.5. The monoisotopic (exact) mass is 207 g/mol. The minimum absolute atomic E-state index is 0.500. The summed E-state index contributed by atoms with van der Waals surface area (Å²) in [5.74, 6) is 0.633. The van der Waals surface area contributed by atoms with Crippen molar-refractivity contribution in [2.45, 2.75) is 31.4 Å². The highest BCUT2D eigenvalue weighted by Gasteiger charge is 2.14. The van der Waals surface area contributed by atoms with Gasteiger partial charge in [0.1, 0.15) is 11.9 Å². The summed E-state index contributed by atoms with van der Waals surface area (Å²) in [5.41, 5.74) is 0. The molecule has 1 aromatic heterocycles. The van der Waals surface area contributed by atoms with Gasteiger partial charge in [0.15, 0.2) is 0 Å². The molecule has 2 unspecified atom stereocenters. The van der Waals surface area contributed by atoms with Crippen LogP contribution in [0.5, 0.6) is 0 Å². The summed E-state index contributed by atoms with van der Waals surface area (Å²) in [7, 11) is 0. The van der Waals surface area contributed by atoms with E-state index in [1.807, 2.05) is 0 Å². The van der Waals surface area contributed by atoms with E-state index in [-0.39, 0.29) is 0 Å². The molecule has 0 radical (unpaired) electrons. The molecule has 1 aliphatic carbocycles. The molecular weight excluding hydrogens is 190 g/mol. The summed E-state index contributed by atoms with van der Waals surface area (Å²) in [4.78, 5) is 0. The fourth-order valence-corrected chi connectivity index (χ4v) is 1.84. The van der Waals surface area contributed by atoms with Crippen LogP contribution in [0.2, 0.25) is 0 Å². The minimum atomic E-state index is -0.536. The quantitative estimate of drug-likeness (QED) is 0.742. The molecule has 2 N–H and O–H groups in total. The molecule has 3 heteroatoms. The molecule has 15 heavy (non-hydrogen) atoms. The topological polar surface area (TPSA) is 45.4 Å². The molecule has 1 aromatic rings. The van der Waals surface area contributed by atoms with Crippen molar-refractivity contribution in [1.82, 2.24) is 5.32 Å². The Balaban J connectivity index is 1.75. The number of aliphatic hydroxyl groups excluding tert-OH is 1. The molecule has 2 atom stereocenters. The number of aliphatic hydroxyl groups is 1. The SMILES string of the molecule is OC(CNC1CC=CCC1)c1ccco1. The lowest BCUT2D eigenvalue weighted by Crippen LogP contribution is -2.33. The molecule has 0 amide bonds. The van der Waals surface area contributed by atoms with Crippen molar-refractivity contribution in [2.75, 3.05) is 6.54 Å². The first-order valence-corrected chi connectivity index (χ1v) is 5.46. The highest BCUT2D eigenvalue weighted by Crippen LogP contribution is 2.14. The second kappa shape index (κ2) is 5.14. The average Bonchev–Trinajstić information content (AvgIpc) is 2.81. The first-order valence-electron chi connectivity index (χ1n) is 5.46. The standard InChI is InChI=1S/C12H17NO2/c14-11(12-7-4-8-15-12)9-13-10-5-2-1-3-6-10/h1-2,4,7-8,10-11,13-14H,3,5-6,9H2. The van der Waals surface area contributed by atoms with Gasteiger partial charge >= 0.3 is 0 Å². The van der Waals surface area contributed by atoms with Crippen molar-refractivity contribution in [3.05, 3.63) is 36.3 Å². The lowest BCUT2D eigenvalue weighted by molar-refractivity contribution is 0.142. The second-order valence-corrected chi connectivity index (χ2v) is 3.92. The summed E-state index contributed by atoms with van der Waals surface area (Å²) in [6, 6.07) is 4.09. The Kier molecular flexibility index (Phi) is 3.59. The van der Waals surface area contributed by atoms with Crippen LogP contribution in [0.25, 0.3) is 0 Å². The normalized spacial score (nSPS) is 22.9. The maximum absolute atomic E-state index is 9.77. The van der Waals surface area contributed by atoms with Crippen LogP contribution in [-0.2, 0) is 0 Å². The fraction of sp³-hybridized carbons (Fsp3) is 0.500. The van der Waals surface area contributed by atoms with Crippen molar-refractivity contribution in [1.29, 1.82) is 0 Å². The van der Waals surface area contributed by atoms with E-state index in [1.165, 1.54) is 0 Å². The van der Waals surface area contributed by atoms with Crippen LogP contribution in [0.1, 0.15) is 31.1 Å². The Bertz CT molecular complexity index is 305. The molecule has 0 spiro atoms. The van der Waals surface area contributed by atoms with Crippen molar-refractivity contribution in [2.24, 2.45) is 0 Å². The Morgan fingerprint density at radius 2 is 2.47 bits per heavy atom. The van der Waals surface area contributed by atoms with Gasteiger partial charge in [-0.3, -0.25) is 0 Å². The zero-order valence-corrected chi connectivity index (χ0v) is 8.73.